The van der Waals surface area contributed by atoms with Gasteiger partial charge < -0.3 is 5.32 Å². The topological polar surface area (TPSA) is 29.9 Å². The smallest absolute Gasteiger partial charge is 0.123 e. The molecule has 1 heterocycles. The third-order valence-electron chi connectivity index (χ3n) is 4.22. The summed E-state index contributed by atoms with van der Waals surface area (Å²) in [5.74, 6) is 0.434. The van der Waals surface area contributed by atoms with Gasteiger partial charge >= 0.3 is 0 Å². The highest BCUT2D eigenvalue weighted by Gasteiger charge is 2.29. The van der Waals surface area contributed by atoms with Crippen LogP contribution in [0.1, 0.15) is 30.0 Å². The van der Waals surface area contributed by atoms with E-state index in [2.05, 4.69) is 16.5 Å². The zero-order valence-corrected chi connectivity index (χ0v) is 11.7. The molecule has 0 amide bonds. The molecule has 3 nitrogen and oxygen atoms in total. The predicted octanol–water partition coefficient (Wildman–Crippen LogP) is 2.64. The van der Waals surface area contributed by atoms with Crippen molar-refractivity contribution in [1.82, 2.24) is 15.1 Å². The van der Waals surface area contributed by atoms with E-state index in [1.54, 1.807) is 12.1 Å². The summed E-state index contributed by atoms with van der Waals surface area (Å²) in [6.07, 6.45) is 5.14. The van der Waals surface area contributed by atoms with Gasteiger partial charge in [0.2, 0.25) is 0 Å². The Hall–Kier alpha value is -1.68. The van der Waals surface area contributed by atoms with Crippen molar-refractivity contribution in [1.29, 1.82) is 0 Å². The molecule has 1 aliphatic rings. The number of rotatable bonds is 5. The van der Waals surface area contributed by atoms with E-state index >= 15 is 0 Å². The molecule has 1 N–H and O–H groups in total. The standard InChI is InChI=1S/C16H20FN3/c1-20-16(7-9-19-20)6-8-18-15-10-13(11-15)12-2-4-14(17)5-3-12/h2-5,7,9,13,15,18H,6,8,10-11H2,1H3. The average molecular weight is 273 g/mol. The lowest BCUT2D eigenvalue weighted by Crippen LogP contribution is -2.41. The predicted molar refractivity (Wildman–Crippen MR) is 77.1 cm³/mol. The maximum atomic E-state index is 12.9. The summed E-state index contributed by atoms with van der Waals surface area (Å²) in [6.45, 7) is 0.986. The Kier molecular flexibility index (Phi) is 3.83. The molecule has 0 unspecified atom stereocenters. The van der Waals surface area contributed by atoms with Gasteiger partial charge in [-0.2, -0.15) is 5.10 Å². The number of aromatic nitrogens is 2. The van der Waals surface area contributed by atoms with Crippen LogP contribution < -0.4 is 5.32 Å². The lowest BCUT2D eigenvalue weighted by atomic mass is 9.76. The van der Waals surface area contributed by atoms with Crippen LogP contribution in [0.15, 0.2) is 36.5 Å². The van der Waals surface area contributed by atoms with Gasteiger partial charge in [-0.15, -0.1) is 0 Å². The second kappa shape index (κ2) is 5.75. The molecule has 20 heavy (non-hydrogen) atoms. The highest BCUT2D eigenvalue weighted by molar-refractivity contribution is 5.23. The first-order chi connectivity index (χ1) is 9.72. The minimum Gasteiger partial charge on any atom is -0.314 e. The summed E-state index contributed by atoms with van der Waals surface area (Å²) in [5, 5.41) is 7.75. The fraction of sp³-hybridized carbons (Fsp3) is 0.438. The van der Waals surface area contributed by atoms with Crippen LogP contribution in [-0.2, 0) is 13.5 Å². The minimum atomic E-state index is -0.154. The van der Waals surface area contributed by atoms with Gasteiger partial charge in [0.05, 0.1) is 0 Å². The first-order valence-corrected chi connectivity index (χ1v) is 7.18. The van der Waals surface area contributed by atoms with Gasteiger partial charge in [0.15, 0.2) is 0 Å². The molecular weight excluding hydrogens is 253 g/mol. The fourth-order valence-electron chi connectivity index (χ4n) is 2.84. The van der Waals surface area contributed by atoms with Crippen molar-refractivity contribution < 1.29 is 4.39 Å². The molecule has 106 valence electrons. The van der Waals surface area contributed by atoms with E-state index in [1.807, 2.05) is 30.1 Å². The van der Waals surface area contributed by atoms with E-state index in [4.69, 9.17) is 0 Å². The van der Waals surface area contributed by atoms with Gasteiger partial charge in [-0.3, -0.25) is 4.68 Å². The monoisotopic (exact) mass is 273 g/mol. The fourth-order valence-corrected chi connectivity index (χ4v) is 2.84. The number of benzene rings is 1. The number of nitrogens with zero attached hydrogens (tertiary/aromatic N) is 2. The van der Waals surface area contributed by atoms with Gasteiger partial charge in [0.1, 0.15) is 5.82 Å². The highest BCUT2D eigenvalue weighted by Crippen LogP contribution is 2.36. The van der Waals surface area contributed by atoms with Gasteiger partial charge in [0.25, 0.3) is 0 Å². The largest absolute Gasteiger partial charge is 0.314 e. The van der Waals surface area contributed by atoms with E-state index in [0.717, 1.165) is 25.8 Å². The molecule has 2 aromatic rings. The Morgan fingerprint density at radius 3 is 2.65 bits per heavy atom. The third kappa shape index (κ3) is 2.90. The van der Waals surface area contributed by atoms with Gasteiger partial charge in [-0.25, -0.2) is 4.39 Å². The van der Waals surface area contributed by atoms with Crippen molar-refractivity contribution in [2.24, 2.45) is 7.05 Å². The summed E-state index contributed by atoms with van der Waals surface area (Å²) in [7, 11) is 1.98. The Bertz CT molecular complexity index is 555. The second-order valence-electron chi connectivity index (χ2n) is 5.57. The zero-order valence-electron chi connectivity index (χ0n) is 11.7. The van der Waals surface area contributed by atoms with Crippen LogP contribution in [0.5, 0.6) is 0 Å². The lowest BCUT2D eigenvalue weighted by molar-refractivity contribution is 0.292. The normalized spacial score (nSPS) is 21.7. The van der Waals surface area contributed by atoms with Crippen molar-refractivity contribution in [2.75, 3.05) is 6.54 Å². The third-order valence-corrected chi connectivity index (χ3v) is 4.22. The molecule has 3 rings (SSSR count). The lowest BCUT2D eigenvalue weighted by Gasteiger charge is -2.36. The first kappa shape index (κ1) is 13.3. The van der Waals surface area contributed by atoms with Crippen LogP contribution in [0.2, 0.25) is 0 Å². The van der Waals surface area contributed by atoms with E-state index < -0.39 is 0 Å². The molecule has 1 aliphatic carbocycles. The quantitative estimate of drug-likeness (QED) is 0.907. The van der Waals surface area contributed by atoms with Crippen LogP contribution in [0, 0.1) is 5.82 Å². The molecule has 1 aromatic heterocycles. The van der Waals surface area contributed by atoms with Gasteiger partial charge in [0, 0.05) is 37.9 Å². The van der Waals surface area contributed by atoms with Crippen LogP contribution >= 0.6 is 0 Å². The molecule has 0 radical (unpaired) electrons. The SMILES string of the molecule is Cn1nccc1CCNC1CC(c2ccc(F)cc2)C1. The number of hydrogen-bond donors (Lipinski definition) is 1. The number of halogens is 1. The molecule has 0 atom stereocenters. The summed E-state index contributed by atoms with van der Waals surface area (Å²) in [4.78, 5) is 0. The molecule has 4 heteroatoms. The Balaban J connectivity index is 1.40. The number of aryl methyl sites for hydroxylation is 1. The molecule has 1 saturated carbocycles. The van der Waals surface area contributed by atoms with E-state index in [0.29, 0.717) is 12.0 Å². The highest BCUT2D eigenvalue weighted by atomic mass is 19.1. The second-order valence-corrected chi connectivity index (χ2v) is 5.57. The summed E-state index contributed by atoms with van der Waals surface area (Å²) in [5.41, 5.74) is 2.52. The molecule has 0 bridgehead atoms. The summed E-state index contributed by atoms with van der Waals surface area (Å²) in [6, 6.07) is 9.58. The Morgan fingerprint density at radius 2 is 2.00 bits per heavy atom. The van der Waals surface area contributed by atoms with Gasteiger partial charge in [-0.1, -0.05) is 12.1 Å². The number of hydrogen-bond acceptors (Lipinski definition) is 2. The first-order valence-electron chi connectivity index (χ1n) is 7.18. The van der Waals surface area contributed by atoms with Crippen LogP contribution in [0.4, 0.5) is 4.39 Å². The van der Waals surface area contributed by atoms with Crippen LogP contribution in [0.25, 0.3) is 0 Å². The molecule has 0 spiro atoms. The molecule has 0 saturated heterocycles. The van der Waals surface area contributed by atoms with Crippen molar-refractivity contribution in [2.45, 2.75) is 31.2 Å². The van der Waals surface area contributed by atoms with Crippen molar-refractivity contribution in [3.05, 3.63) is 53.6 Å². The summed E-state index contributed by atoms with van der Waals surface area (Å²) < 4.78 is 14.8. The zero-order chi connectivity index (χ0) is 13.9. The van der Waals surface area contributed by atoms with Crippen LogP contribution in [-0.4, -0.2) is 22.4 Å². The molecule has 0 aliphatic heterocycles. The maximum absolute atomic E-state index is 12.9. The minimum absolute atomic E-state index is 0.154. The van der Waals surface area contributed by atoms with Crippen molar-refractivity contribution in [3.8, 4) is 0 Å². The molecule has 1 fully saturated rings. The van der Waals surface area contributed by atoms with E-state index in [1.165, 1.54) is 11.3 Å². The Labute approximate surface area is 118 Å². The Morgan fingerprint density at radius 1 is 1.25 bits per heavy atom. The maximum Gasteiger partial charge on any atom is 0.123 e. The molecular formula is C16H20FN3. The van der Waals surface area contributed by atoms with Crippen LogP contribution in [0.3, 0.4) is 0 Å². The van der Waals surface area contributed by atoms with E-state index in [-0.39, 0.29) is 5.82 Å². The number of nitrogens with one attached hydrogen (secondary N) is 1. The van der Waals surface area contributed by atoms with Gasteiger partial charge in [-0.05, 0) is 42.5 Å². The average Bonchev–Trinajstić information content (AvgIpc) is 2.79. The summed E-state index contributed by atoms with van der Waals surface area (Å²) >= 11 is 0. The van der Waals surface area contributed by atoms with Crippen molar-refractivity contribution in [3.63, 3.8) is 0 Å². The van der Waals surface area contributed by atoms with Crippen molar-refractivity contribution >= 4 is 0 Å². The molecule has 1 aromatic carbocycles. The van der Waals surface area contributed by atoms with E-state index in [9.17, 15) is 4.39 Å².